The topological polar surface area (TPSA) is 35.8 Å². The molecule has 0 fully saturated rings. The van der Waals surface area contributed by atoms with E-state index in [9.17, 15) is 0 Å². The maximum atomic E-state index is 8.90. The van der Waals surface area contributed by atoms with Gasteiger partial charge in [0.2, 0.25) is 0 Å². The number of rotatable bonds is 4. The van der Waals surface area contributed by atoms with Gasteiger partial charge in [-0.2, -0.15) is 5.26 Å². The first-order valence-electron chi connectivity index (χ1n) is 6.50. The third kappa shape index (κ3) is 4.50. The number of nitrogens with one attached hydrogen (secondary N) is 1. The molecule has 0 aliphatic heterocycles. The quantitative estimate of drug-likeness (QED) is 0.881. The Morgan fingerprint density at radius 1 is 1.06 bits per heavy atom. The summed E-state index contributed by atoms with van der Waals surface area (Å²) < 4.78 is 0. The fourth-order valence-electron chi connectivity index (χ4n) is 1.73. The Balaban J connectivity index is 2.53. The molecule has 0 aliphatic rings. The van der Waals surface area contributed by atoms with E-state index >= 15 is 0 Å². The third-order valence-electron chi connectivity index (χ3n) is 3.08. The number of hydrogen-bond donors (Lipinski definition) is 1. The van der Waals surface area contributed by atoms with Crippen molar-refractivity contribution in [2.24, 2.45) is 0 Å². The minimum Gasteiger partial charge on any atom is -0.300 e. The Labute approximate surface area is 111 Å². The summed E-state index contributed by atoms with van der Waals surface area (Å²) >= 11 is 0. The molecule has 0 heterocycles. The van der Waals surface area contributed by atoms with E-state index in [1.807, 2.05) is 13.8 Å². The maximum absolute atomic E-state index is 8.90. The van der Waals surface area contributed by atoms with Crippen molar-refractivity contribution in [1.29, 1.82) is 5.26 Å². The van der Waals surface area contributed by atoms with Crippen LogP contribution in [0.15, 0.2) is 24.3 Å². The Bertz CT molecular complexity index is 416. The fourth-order valence-corrected chi connectivity index (χ4v) is 1.73. The van der Waals surface area contributed by atoms with Crippen LogP contribution in [0.2, 0.25) is 0 Å². The van der Waals surface area contributed by atoms with Gasteiger partial charge in [-0.3, -0.25) is 5.32 Å². The molecule has 1 rings (SSSR count). The van der Waals surface area contributed by atoms with Crippen LogP contribution in [0.3, 0.4) is 0 Å². The van der Waals surface area contributed by atoms with Crippen LogP contribution in [-0.2, 0) is 11.8 Å². The molecule has 1 N–H and O–H groups in total. The molecule has 0 aliphatic carbocycles. The van der Waals surface area contributed by atoms with Gasteiger partial charge in [-0.25, -0.2) is 0 Å². The second-order valence-corrected chi connectivity index (χ2v) is 6.36. The van der Waals surface area contributed by atoms with E-state index in [1.54, 1.807) is 0 Å². The molecule has 0 amide bonds. The van der Waals surface area contributed by atoms with E-state index in [0.717, 1.165) is 13.0 Å². The Morgan fingerprint density at radius 3 is 2.06 bits per heavy atom. The lowest BCUT2D eigenvalue weighted by atomic mass is 9.86. The first kappa shape index (κ1) is 14.7. The smallest absolute Gasteiger partial charge is 0.101 e. The van der Waals surface area contributed by atoms with Crippen molar-refractivity contribution in [2.75, 3.05) is 6.54 Å². The molecule has 2 nitrogen and oxygen atoms in total. The summed E-state index contributed by atoms with van der Waals surface area (Å²) in [4.78, 5) is 0. The number of benzene rings is 1. The van der Waals surface area contributed by atoms with Crippen LogP contribution >= 0.6 is 0 Å². The van der Waals surface area contributed by atoms with E-state index in [-0.39, 0.29) is 5.41 Å². The molecule has 98 valence electrons. The van der Waals surface area contributed by atoms with Crippen LogP contribution < -0.4 is 5.32 Å². The van der Waals surface area contributed by atoms with E-state index < -0.39 is 5.54 Å². The van der Waals surface area contributed by atoms with E-state index in [2.05, 4.69) is 56.4 Å². The molecule has 0 unspecified atom stereocenters. The first-order valence-corrected chi connectivity index (χ1v) is 6.50. The summed E-state index contributed by atoms with van der Waals surface area (Å²) in [6.07, 6.45) is 0.954. The van der Waals surface area contributed by atoms with Crippen molar-refractivity contribution in [3.05, 3.63) is 35.4 Å². The molecule has 18 heavy (non-hydrogen) atoms. The highest BCUT2D eigenvalue weighted by Gasteiger charge is 2.15. The van der Waals surface area contributed by atoms with Gasteiger partial charge in [-0.1, -0.05) is 45.0 Å². The average Bonchev–Trinajstić information content (AvgIpc) is 2.28. The van der Waals surface area contributed by atoms with Crippen LogP contribution in [0.1, 0.15) is 45.7 Å². The summed E-state index contributed by atoms with van der Waals surface area (Å²) in [5.41, 5.74) is 2.44. The van der Waals surface area contributed by atoms with Crippen molar-refractivity contribution < 1.29 is 0 Å². The summed E-state index contributed by atoms with van der Waals surface area (Å²) in [7, 11) is 0. The second kappa shape index (κ2) is 5.54. The van der Waals surface area contributed by atoms with Gasteiger partial charge in [0.05, 0.1) is 6.07 Å². The lowest BCUT2D eigenvalue weighted by Crippen LogP contribution is -2.38. The van der Waals surface area contributed by atoms with Crippen LogP contribution in [0.5, 0.6) is 0 Å². The van der Waals surface area contributed by atoms with Crippen LogP contribution in [0, 0.1) is 11.3 Å². The molecule has 1 aromatic rings. The monoisotopic (exact) mass is 244 g/mol. The van der Waals surface area contributed by atoms with Crippen LogP contribution in [0.25, 0.3) is 0 Å². The Kier molecular flexibility index (Phi) is 4.53. The molecule has 0 saturated carbocycles. The SMILES string of the molecule is CC(C)(C#N)NCCc1ccc(C(C)(C)C)cc1. The van der Waals surface area contributed by atoms with Crippen LogP contribution in [-0.4, -0.2) is 12.1 Å². The Morgan fingerprint density at radius 2 is 1.61 bits per heavy atom. The van der Waals surface area contributed by atoms with Gasteiger partial charge in [-0.05, 0) is 36.8 Å². The van der Waals surface area contributed by atoms with Crippen molar-refractivity contribution in [3.63, 3.8) is 0 Å². The molecule has 0 aromatic heterocycles. The third-order valence-corrected chi connectivity index (χ3v) is 3.08. The number of hydrogen-bond acceptors (Lipinski definition) is 2. The van der Waals surface area contributed by atoms with Gasteiger partial charge < -0.3 is 0 Å². The van der Waals surface area contributed by atoms with Gasteiger partial charge in [0, 0.05) is 6.54 Å². The second-order valence-electron chi connectivity index (χ2n) is 6.36. The number of nitriles is 1. The molecule has 2 heteroatoms. The molecular formula is C16H24N2. The van der Waals surface area contributed by atoms with Gasteiger partial charge in [0.1, 0.15) is 5.54 Å². The average molecular weight is 244 g/mol. The lowest BCUT2D eigenvalue weighted by molar-refractivity contribution is 0.490. The van der Waals surface area contributed by atoms with E-state index in [1.165, 1.54) is 11.1 Å². The van der Waals surface area contributed by atoms with Crippen molar-refractivity contribution >= 4 is 0 Å². The summed E-state index contributed by atoms with van der Waals surface area (Å²) in [6.45, 7) is 11.3. The van der Waals surface area contributed by atoms with Crippen molar-refractivity contribution in [1.82, 2.24) is 5.32 Å². The zero-order valence-electron chi connectivity index (χ0n) is 12.2. The molecule has 1 aromatic carbocycles. The first-order chi connectivity index (χ1) is 8.24. The Hall–Kier alpha value is -1.33. The molecule has 0 saturated heterocycles. The molecule has 0 bridgehead atoms. The fraction of sp³-hybridized carbons (Fsp3) is 0.562. The highest BCUT2D eigenvalue weighted by atomic mass is 14.9. The largest absolute Gasteiger partial charge is 0.300 e. The maximum Gasteiger partial charge on any atom is 0.101 e. The summed E-state index contributed by atoms with van der Waals surface area (Å²) in [5.74, 6) is 0. The standard InChI is InChI=1S/C16H24N2/c1-15(2,3)14-8-6-13(7-9-14)10-11-18-16(4,5)12-17/h6-9,18H,10-11H2,1-5H3. The molecule has 0 radical (unpaired) electrons. The van der Waals surface area contributed by atoms with Crippen molar-refractivity contribution in [3.8, 4) is 6.07 Å². The van der Waals surface area contributed by atoms with Gasteiger partial charge >= 0.3 is 0 Å². The zero-order chi connectivity index (χ0) is 13.8. The normalized spacial score (nSPS) is 12.2. The lowest BCUT2D eigenvalue weighted by Gasteiger charge is -2.20. The molecule has 0 spiro atoms. The van der Waals surface area contributed by atoms with Crippen LogP contribution in [0.4, 0.5) is 0 Å². The predicted molar refractivity (Wildman–Crippen MR) is 76.5 cm³/mol. The highest BCUT2D eigenvalue weighted by molar-refractivity contribution is 5.27. The minimum absolute atomic E-state index is 0.208. The number of nitrogens with zero attached hydrogens (tertiary/aromatic N) is 1. The summed E-state index contributed by atoms with van der Waals surface area (Å²) in [6, 6.07) is 11.0. The van der Waals surface area contributed by atoms with Crippen molar-refractivity contribution in [2.45, 2.75) is 52.0 Å². The highest BCUT2D eigenvalue weighted by Crippen LogP contribution is 2.22. The predicted octanol–water partition coefficient (Wildman–Crippen LogP) is 3.42. The molecular weight excluding hydrogens is 220 g/mol. The van der Waals surface area contributed by atoms with E-state index in [0.29, 0.717) is 0 Å². The van der Waals surface area contributed by atoms with Gasteiger partial charge in [0.25, 0.3) is 0 Å². The molecule has 0 atom stereocenters. The zero-order valence-corrected chi connectivity index (χ0v) is 12.2. The van der Waals surface area contributed by atoms with Gasteiger partial charge in [0.15, 0.2) is 0 Å². The summed E-state index contributed by atoms with van der Waals surface area (Å²) in [5, 5.41) is 12.1. The minimum atomic E-state index is -0.439. The van der Waals surface area contributed by atoms with Gasteiger partial charge in [-0.15, -0.1) is 0 Å². The van der Waals surface area contributed by atoms with E-state index in [4.69, 9.17) is 5.26 Å².